The first-order chi connectivity index (χ1) is 11.1. The number of rotatable bonds is 7. The molecule has 1 amide bonds. The van der Waals surface area contributed by atoms with E-state index in [1.165, 1.54) is 6.07 Å². The molecule has 0 aliphatic heterocycles. The molecule has 2 rings (SSSR count). The average molecular weight is 317 g/mol. The number of carbonyl (C=O) groups excluding carboxylic acids is 1. The van der Waals surface area contributed by atoms with Crippen molar-refractivity contribution in [3.8, 4) is 11.5 Å². The Morgan fingerprint density at radius 2 is 1.83 bits per heavy atom. The van der Waals surface area contributed by atoms with Crippen LogP contribution in [0.1, 0.15) is 17.5 Å². The zero-order valence-electron chi connectivity index (χ0n) is 13.3. The van der Waals surface area contributed by atoms with E-state index >= 15 is 0 Å². The third kappa shape index (κ3) is 5.29. The van der Waals surface area contributed by atoms with Gasteiger partial charge in [-0.25, -0.2) is 4.39 Å². The number of amides is 1. The molecular weight excluding hydrogens is 297 g/mol. The first-order valence-corrected chi connectivity index (χ1v) is 7.37. The number of methoxy groups -OCH3 is 1. The molecule has 4 nitrogen and oxygen atoms in total. The molecule has 0 aliphatic rings. The number of hydrogen-bond donors (Lipinski definition) is 1. The molecule has 0 saturated carbocycles. The minimum absolute atomic E-state index is 0.139. The highest BCUT2D eigenvalue weighted by molar-refractivity contribution is 5.76. The minimum atomic E-state index is -0.264. The van der Waals surface area contributed by atoms with Crippen LogP contribution in [0.25, 0.3) is 0 Å². The fourth-order valence-corrected chi connectivity index (χ4v) is 1.97. The van der Waals surface area contributed by atoms with E-state index in [4.69, 9.17) is 9.47 Å². The van der Waals surface area contributed by atoms with Gasteiger partial charge in [0, 0.05) is 6.54 Å². The number of ether oxygens (including phenoxy) is 2. The van der Waals surface area contributed by atoms with Crippen LogP contribution in [0.3, 0.4) is 0 Å². The highest BCUT2D eigenvalue weighted by atomic mass is 19.1. The van der Waals surface area contributed by atoms with E-state index in [1.54, 1.807) is 50.4 Å². The van der Waals surface area contributed by atoms with E-state index in [2.05, 4.69) is 5.32 Å². The summed E-state index contributed by atoms with van der Waals surface area (Å²) in [6.45, 7) is 2.28. The molecule has 0 bridgehead atoms. The zero-order chi connectivity index (χ0) is 16.7. The van der Waals surface area contributed by atoms with Crippen molar-refractivity contribution in [2.75, 3.05) is 13.7 Å². The predicted octanol–water partition coefficient (Wildman–Crippen LogP) is 3.23. The van der Waals surface area contributed by atoms with Crippen LogP contribution >= 0.6 is 0 Å². The number of carbonyl (C=O) groups is 1. The van der Waals surface area contributed by atoms with Gasteiger partial charge in [-0.3, -0.25) is 4.79 Å². The van der Waals surface area contributed by atoms with Gasteiger partial charge in [-0.1, -0.05) is 12.1 Å². The fourth-order valence-electron chi connectivity index (χ4n) is 1.97. The van der Waals surface area contributed by atoms with Gasteiger partial charge in [-0.05, 0) is 48.4 Å². The minimum Gasteiger partial charge on any atom is -0.497 e. The van der Waals surface area contributed by atoms with Gasteiger partial charge in [-0.15, -0.1) is 0 Å². The van der Waals surface area contributed by atoms with Crippen LogP contribution in [0.4, 0.5) is 4.39 Å². The Hall–Kier alpha value is -2.56. The van der Waals surface area contributed by atoms with Crippen molar-refractivity contribution in [3.63, 3.8) is 0 Å². The summed E-state index contributed by atoms with van der Waals surface area (Å²) in [5.74, 6) is 1.03. The molecule has 122 valence electrons. The van der Waals surface area contributed by atoms with Crippen LogP contribution in [-0.2, 0) is 11.3 Å². The summed E-state index contributed by atoms with van der Waals surface area (Å²) >= 11 is 0. The molecule has 0 unspecified atom stereocenters. The summed E-state index contributed by atoms with van der Waals surface area (Å²) < 4.78 is 23.9. The first-order valence-electron chi connectivity index (χ1n) is 7.37. The van der Waals surface area contributed by atoms with Crippen molar-refractivity contribution < 1.29 is 18.7 Å². The average Bonchev–Trinajstić information content (AvgIpc) is 2.56. The summed E-state index contributed by atoms with van der Waals surface area (Å²) in [4.78, 5) is 11.8. The number of halogens is 1. The van der Waals surface area contributed by atoms with E-state index in [-0.39, 0.29) is 24.8 Å². The van der Waals surface area contributed by atoms with Gasteiger partial charge in [0.15, 0.2) is 0 Å². The molecule has 0 radical (unpaired) electrons. The Labute approximate surface area is 135 Å². The lowest BCUT2D eigenvalue weighted by Gasteiger charge is -2.08. The molecular formula is C18H20FNO3. The van der Waals surface area contributed by atoms with Crippen LogP contribution in [-0.4, -0.2) is 19.6 Å². The number of benzene rings is 2. The summed E-state index contributed by atoms with van der Waals surface area (Å²) in [5.41, 5.74) is 1.32. The molecule has 1 N–H and O–H groups in total. The van der Waals surface area contributed by atoms with Crippen molar-refractivity contribution in [3.05, 3.63) is 59.4 Å². The van der Waals surface area contributed by atoms with E-state index in [9.17, 15) is 9.18 Å². The van der Waals surface area contributed by atoms with E-state index in [0.29, 0.717) is 17.9 Å². The lowest BCUT2D eigenvalue weighted by molar-refractivity contribution is -0.121. The van der Waals surface area contributed by atoms with Gasteiger partial charge < -0.3 is 14.8 Å². The van der Waals surface area contributed by atoms with Crippen molar-refractivity contribution in [1.82, 2.24) is 5.32 Å². The van der Waals surface area contributed by atoms with Crippen LogP contribution in [0, 0.1) is 12.7 Å². The van der Waals surface area contributed by atoms with Gasteiger partial charge in [0.1, 0.15) is 17.3 Å². The fraction of sp³-hybridized carbons (Fsp3) is 0.278. The molecule has 0 saturated heterocycles. The third-order valence-corrected chi connectivity index (χ3v) is 3.38. The Kier molecular flexibility index (Phi) is 5.97. The van der Waals surface area contributed by atoms with Crippen molar-refractivity contribution in [2.45, 2.75) is 19.9 Å². The number of aryl methyl sites for hydroxylation is 1. The van der Waals surface area contributed by atoms with Crippen LogP contribution in [0.2, 0.25) is 0 Å². The van der Waals surface area contributed by atoms with Crippen molar-refractivity contribution in [1.29, 1.82) is 0 Å². The van der Waals surface area contributed by atoms with E-state index in [0.717, 1.165) is 11.3 Å². The van der Waals surface area contributed by atoms with Gasteiger partial charge >= 0.3 is 0 Å². The van der Waals surface area contributed by atoms with Crippen LogP contribution < -0.4 is 14.8 Å². The van der Waals surface area contributed by atoms with Crippen molar-refractivity contribution in [2.24, 2.45) is 0 Å². The topological polar surface area (TPSA) is 47.6 Å². The number of nitrogens with one attached hydrogen (secondary N) is 1. The standard InChI is InChI=1S/C18H20FNO3/c1-13-3-4-14(11-17(13)19)12-20-18(21)9-10-23-16-7-5-15(22-2)6-8-16/h3-8,11H,9-10,12H2,1-2H3,(H,20,21). The van der Waals surface area contributed by atoms with E-state index < -0.39 is 0 Å². The molecule has 5 heteroatoms. The maximum atomic E-state index is 13.4. The van der Waals surface area contributed by atoms with Crippen LogP contribution in [0.15, 0.2) is 42.5 Å². The summed E-state index contributed by atoms with van der Waals surface area (Å²) in [6, 6.07) is 12.1. The summed E-state index contributed by atoms with van der Waals surface area (Å²) in [5, 5.41) is 2.74. The van der Waals surface area contributed by atoms with Crippen molar-refractivity contribution >= 4 is 5.91 Å². The Bertz CT molecular complexity index is 656. The second-order valence-corrected chi connectivity index (χ2v) is 5.13. The Morgan fingerprint density at radius 3 is 2.48 bits per heavy atom. The Balaban J connectivity index is 1.71. The third-order valence-electron chi connectivity index (χ3n) is 3.38. The largest absolute Gasteiger partial charge is 0.497 e. The normalized spacial score (nSPS) is 10.2. The summed E-state index contributed by atoms with van der Waals surface area (Å²) in [7, 11) is 1.60. The zero-order valence-corrected chi connectivity index (χ0v) is 13.3. The Morgan fingerprint density at radius 1 is 1.13 bits per heavy atom. The number of hydrogen-bond acceptors (Lipinski definition) is 3. The smallest absolute Gasteiger partial charge is 0.223 e. The van der Waals surface area contributed by atoms with Crippen LogP contribution in [0.5, 0.6) is 11.5 Å². The second kappa shape index (κ2) is 8.17. The highest BCUT2D eigenvalue weighted by Crippen LogP contribution is 2.17. The molecule has 0 heterocycles. The maximum absolute atomic E-state index is 13.4. The van der Waals surface area contributed by atoms with Gasteiger partial charge in [0.25, 0.3) is 0 Å². The molecule has 0 aliphatic carbocycles. The lowest BCUT2D eigenvalue weighted by Crippen LogP contribution is -2.24. The van der Waals surface area contributed by atoms with Gasteiger partial charge in [0.2, 0.25) is 5.91 Å². The molecule has 2 aromatic carbocycles. The van der Waals surface area contributed by atoms with Gasteiger partial charge in [0.05, 0.1) is 20.1 Å². The maximum Gasteiger partial charge on any atom is 0.223 e. The molecule has 0 spiro atoms. The monoisotopic (exact) mass is 317 g/mol. The first kappa shape index (κ1) is 16.8. The molecule has 0 fully saturated rings. The molecule has 23 heavy (non-hydrogen) atoms. The highest BCUT2D eigenvalue weighted by Gasteiger charge is 2.04. The molecule has 0 aromatic heterocycles. The second-order valence-electron chi connectivity index (χ2n) is 5.13. The quantitative estimate of drug-likeness (QED) is 0.853. The van der Waals surface area contributed by atoms with Gasteiger partial charge in [-0.2, -0.15) is 0 Å². The lowest BCUT2D eigenvalue weighted by atomic mass is 10.1. The predicted molar refractivity (Wildman–Crippen MR) is 86.1 cm³/mol. The SMILES string of the molecule is COc1ccc(OCCC(=O)NCc2ccc(C)c(F)c2)cc1. The molecule has 2 aromatic rings. The van der Waals surface area contributed by atoms with E-state index in [1.807, 2.05) is 0 Å². The summed E-state index contributed by atoms with van der Waals surface area (Å²) in [6.07, 6.45) is 0.236. The molecule has 0 atom stereocenters.